The SMILES string of the molecule is Cc1nnc(CCc2cccs2)o1. The molecule has 0 fully saturated rings. The van der Waals surface area contributed by atoms with Crippen molar-refractivity contribution < 1.29 is 4.42 Å². The Morgan fingerprint density at radius 2 is 2.31 bits per heavy atom. The van der Waals surface area contributed by atoms with Crippen molar-refractivity contribution in [2.75, 3.05) is 0 Å². The summed E-state index contributed by atoms with van der Waals surface area (Å²) in [4.78, 5) is 1.36. The van der Waals surface area contributed by atoms with E-state index in [2.05, 4.69) is 27.7 Å². The third-order valence-electron chi connectivity index (χ3n) is 1.73. The number of aromatic nitrogens is 2. The maximum Gasteiger partial charge on any atom is 0.216 e. The molecule has 0 atom stereocenters. The van der Waals surface area contributed by atoms with Crippen molar-refractivity contribution in [2.45, 2.75) is 19.8 Å². The van der Waals surface area contributed by atoms with Crippen LogP contribution < -0.4 is 0 Å². The molecule has 2 aromatic rings. The third-order valence-corrected chi connectivity index (χ3v) is 2.67. The summed E-state index contributed by atoms with van der Waals surface area (Å²) in [7, 11) is 0. The Bertz CT molecular complexity index is 367. The average molecular weight is 194 g/mol. The normalized spacial score (nSPS) is 10.5. The Hall–Kier alpha value is -1.16. The monoisotopic (exact) mass is 194 g/mol. The fraction of sp³-hybridized carbons (Fsp3) is 0.333. The van der Waals surface area contributed by atoms with Gasteiger partial charge in [0, 0.05) is 18.2 Å². The van der Waals surface area contributed by atoms with E-state index < -0.39 is 0 Å². The van der Waals surface area contributed by atoms with Crippen molar-refractivity contribution >= 4 is 11.3 Å². The van der Waals surface area contributed by atoms with Gasteiger partial charge in [0.15, 0.2) is 0 Å². The van der Waals surface area contributed by atoms with Gasteiger partial charge in [-0.2, -0.15) is 0 Å². The molecule has 4 heteroatoms. The van der Waals surface area contributed by atoms with Crippen LogP contribution >= 0.6 is 11.3 Å². The molecular formula is C9H10N2OS. The van der Waals surface area contributed by atoms with Gasteiger partial charge in [0.2, 0.25) is 11.8 Å². The molecule has 13 heavy (non-hydrogen) atoms. The minimum atomic E-state index is 0.640. The lowest BCUT2D eigenvalue weighted by molar-refractivity contribution is 0.467. The predicted octanol–water partition coefficient (Wildman–Crippen LogP) is 2.22. The highest BCUT2D eigenvalue weighted by atomic mass is 32.1. The average Bonchev–Trinajstić information content (AvgIpc) is 2.71. The summed E-state index contributed by atoms with van der Waals surface area (Å²) < 4.78 is 5.26. The van der Waals surface area contributed by atoms with Gasteiger partial charge >= 0.3 is 0 Å². The standard InChI is InChI=1S/C9H10N2OS/c1-7-10-11-9(12-7)5-4-8-3-2-6-13-8/h2-3,6H,4-5H2,1H3. The lowest BCUT2D eigenvalue weighted by Gasteiger charge is -1.91. The fourth-order valence-corrected chi connectivity index (χ4v) is 1.83. The first-order valence-corrected chi connectivity index (χ1v) is 5.04. The van der Waals surface area contributed by atoms with Crippen molar-refractivity contribution in [3.63, 3.8) is 0 Å². The van der Waals surface area contributed by atoms with E-state index in [4.69, 9.17) is 4.42 Å². The zero-order valence-electron chi connectivity index (χ0n) is 7.36. The molecule has 2 aromatic heterocycles. The second-order valence-corrected chi connectivity index (χ2v) is 3.83. The summed E-state index contributed by atoms with van der Waals surface area (Å²) in [5, 5.41) is 9.78. The van der Waals surface area contributed by atoms with Crippen LogP contribution in [0.2, 0.25) is 0 Å². The van der Waals surface area contributed by atoms with E-state index in [-0.39, 0.29) is 0 Å². The molecular weight excluding hydrogens is 184 g/mol. The molecule has 0 amide bonds. The van der Waals surface area contributed by atoms with Crippen LogP contribution in [0.1, 0.15) is 16.7 Å². The summed E-state index contributed by atoms with van der Waals surface area (Å²) in [6.45, 7) is 1.81. The highest BCUT2D eigenvalue weighted by Gasteiger charge is 2.02. The van der Waals surface area contributed by atoms with E-state index in [9.17, 15) is 0 Å². The molecule has 0 N–H and O–H groups in total. The van der Waals surface area contributed by atoms with Crippen LogP contribution in [-0.2, 0) is 12.8 Å². The van der Waals surface area contributed by atoms with E-state index in [0.717, 1.165) is 18.7 Å². The largest absolute Gasteiger partial charge is 0.426 e. The van der Waals surface area contributed by atoms with E-state index in [1.165, 1.54) is 4.88 Å². The van der Waals surface area contributed by atoms with E-state index in [0.29, 0.717) is 5.89 Å². The molecule has 0 aliphatic rings. The van der Waals surface area contributed by atoms with Crippen molar-refractivity contribution in [3.8, 4) is 0 Å². The Balaban J connectivity index is 1.93. The quantitative estimate of drug-likeness (QED) is 0.752. The first-order valence-electron chi connectivity index (χ1n) is 4.16. The van der Waals surface area contributed by atoms with Crippen molar-refractivity contribution in [3.05, 3.63) is 34.2 Å². The van der Waals surface area contributed by atoms with Gasteiger partial charge in [0.25, 0.3) is 0 Å². The minimum absolute atomic E-state index is 0.640. The summed E-state index contributed by atoms with van der Waals surface area (Å²) >= 11 is 1.76. The van der Waals surface area contributed by atoms with Gasteiger partial charge in [-0.05, 0) is 17.9 Å². The molecule has 0 saturated heterocycles. The molecule has 0 bridgehead atoms. The molecule has 2 heterocycles. The van der Waals surface area contributed by atoms with Crippen LogP contribution in [0.4, 0.5) is 0 Å². The molecule has 3 nitrogen and oxygen atoms in total. The van der Waals surface area contributed by atoms with Gasteiger partial charge in [-0.15, -0.1) is 21.5 Å². The van der Waals surface area contributed by atoms with Crippen LogP contribution in [0.3, 0.4) is 0 Å². The Morgan fingerprint density at radius 1 is 1.38 bits per heavy atom. The van der Waals surface area contributed by atoms with Gasteiger partial charge in [-0.3, -0.25) is 0 Å². The maximum absolute atomic E-state index is 5.26. The van der Waals surface area contributed by atoms with Crippen LogP contribution in [0.25, 0.3) is 0 Å². The zero-order chi connectivity index (χ0) is 9.10. The molecule has 0 aromatic carbocycles. The molecule has 0 radical (unpaired) electrons. The smallest absolute Gasteiger partial charge is 0.216 e. The van der Waals surface area contributed by atoms with E-state index in [1.807, 2.05) is 6.92 Å². The van der Waals surface area contributed by atoms with Crippen molar-refractivity contribution in [1.82, 2.24) is 10.2 Å². The Labute approximate surface area is 80.4 Å². The van der Waals surface area contributed by atoms with Crippen molar-refractivity contribution in [1.29, 1.82) is 0 Å². The number of thiophene rings is 1. The molecule has 0 unspecified atom stereocenters. The van der Waals surface area contributed by atoms with Crippen LogP contribution in [0.5, 0.6) is 0 Å². The minimum Gasteiger partial charge on any atom is -0.426 e. The number of hydrogen-bond acceptors (Lipinski definition) is 4. The van der Waals surface area contributed by atoms with Crippen LogP contribution in [-0.4, -0.2) is 10.2 Å². The number of nitrogens with zero attached hydrogens (tertiary/aromatic N) is 2. The van der Waals surface area contributed by atoms with E-state index >= 15 is 0 Å². The molecule has 0 aliphatic heterocycles. The van der Waals surface area contributed by atoms with Crippen molar-refractivity contribution in [2.24, 2.45) is 0 Å². The molecule has 2 rings (SSSR count). The Kier molecular flexibility index (Phi) is 2.40. The predicted molar refractivity (Wildman–Crippen MR) is 50.8 cm³/mol. The number of hydrogen-bond donors (Lipinski definition) is 0. The summed E-state index contributed by atoms with van der Waals surface area (Å²) in [6, 6.07) is 4.17. The van der Waals surface area contributed by atoms with E-state index in [1.54, 1.807) is 11.3 Å². The zero-order valence-corrected chi connectivity index (χ0v) is 8.17. The number of aryl methyl sites for hydroxylation is 3. The van der Waals surface area contributed by atoms with Gasteiger partial charge in [0.05, 0.1) is 0 Å². The molecule has 68 valence electrons. The highest BCUT2D eigenvalue weighted by molar-refractivity contribution is 7.09. The summed E-state index contributed by atoms with van der Waals surface area (Å²) in [5.74, 6) is 1.37. The Morgan fingerprint density at radius 3 is 2.92 bits per heavy atom. The lowest BCUT2D eigenvalue weighted by atomic mass is 10.3. The van der Waals surface area contributed by atoms with Crippen LogP contribution in [0, 0.1) is 6.92 Å². The van der Waals surface area contributed by atoms with Gasteiger partial charge in [0.1, 0.15) is 0 Å². The molecule has 0 saturated carbocycles. The second-order valence-electron chi connectivity index (χ2n) is 2.79. The molecule has 0 spiro atoms. The second kappa shape index (κ2) is 3.70. The first kappa shape index (κ1) is 8.44. The first-order chi connectivity index (χ1) is 6.34. The van der Waals surface area contributed by atoms with Gasteiger partial charge in [-0.1, -0.05) is 6.07 Å². The van der Waals surface area contributed by atoms with Gasteiger partial charge < -0.3 is 4.42 Å². The highest BCUT2D eigenvalue weighted by Crippen LogP contribution is 2.11. The van der Waals surface area contributed by atoms with Crippen LogP contribution in [0.15, 0.2) is 21.9 Å². The number of rotatable bonds is 3. The topological polar surface area (TPSA) is 38.9 Å². The lowest BCUT2D eigenvalue weighted by Crippen LogP contribution is -1.88. The van der Waals surface area contributed by atoms with Gasteiger partial charge in [-0.25, -0.2) is 0 Å². The molecule has 0 aliphatic carbocycles. The maximum atomic E-state index is 5.26. The third kappa shape index (κ3) is 2.15. The summed E-state index contributed by atoms with van der Waals surface area (Å²) in [5.41, 5.74) is 0. The summed E-state index contributed by atoms with van der Waals surface area (Å²) in [6.07, 6.45) is 1.82. The fourth-order valence-electron chi connectivity index (χ4n) is 1.12.